The van der Waals surface area contributed by atoms with E-state index in [2.05, 4.69) is 31.2 Å². The average Bonchev–Trinajstić information content (AvgIpc) is 2.35. The Morgan fingerprint density at radius 1 is 1.24 bits per heavy atom. The summed E-state index contributed by atoms with van der Waals surface area (Å²) in [6.45, 7) is 4.52. The minimum absolute atomic E-state index is 0.0703. The van der Waals surface area contributed by atoms with Crippen molar-refractivity contribution < 1.29 is 9.53 Å². The predicted molar refractivity (Wildman–Crippen MR) is 69.8 cm³/mol. The highest BCUT2D eigenvalue weighted by molar-refractivity contribution is 5.69. The van der Waals surface area contributed by atoms with Crippen molar-refractivity contribution in [1.29, 1.82) is 0 Å². The maximum Gasteiger partial charge on any atom is 0.305 e. The summed E-state index contributed by atoms with van der Waals surface area (Å²) in [4.78, 5) is 11.2. The summed E-state index contributed by atoms with van der Waals surface area (Å²) in [6, 6.07) is 10.5. The maximum absolute atomic E-state index is 11.2. The number of hydrogen-bond acceptors (Lipinski definition) is 2. The molecule has 0 fully saturated rings. The Morgan fingerprint density at radius 2 is 1.94 bits per heavy atom. The molecule has 1 atom stereocenters. The van der Waals surface area contributed by atoms with Crippen LogP contribution in [0.15, 0.2) is 30.3 Å². The first-order valence-electron chi connectivity index (χ1n) is 6.42. The zero-order chi connectivity index (χ0) is 12.5. The van der Waals surface area contributed by atoms with Crippen molar-refractivity contribution in [3.63, 3.8) is 0 Å². The van der Waals surface area contributed by atoms with Crippen LogP contribution in [0.4, 0.5) is 0 Å². The van der Waals surface area contributed by atoms with Gasteiger partial charge < -0.3 is 4.74 Å². The summed E-state index contributed by atoms with van der Waals surface area (Å²) in [5.41, 5.74) is 1.37. The summed E-state index contributed by atoms with van der Waals surface area (Å²) in [6.07, 6.45) is 3.68. The van der Waals surface area contributed by atoms with Crippen LogP contribution in [0.25, 0.3) is 0 Å². The molecule has 0 aromatic heterocycles. The quantitative estimate of drug-likeness (QED) is 0.674. The lowest BCUT2D eigenvalue weighted by Gasteiger charge is -2.10. The first kappa shape index (κ1) is 13.8. The fourth-order valence-corrected chi connectivity index (χ4v) is 1.80. The number of benzene rings is 1. The van der Waals surface area contributed by atoms with Crippen LogP contribution in [0.3, 0.4) is 0 Å². The van der Waals surface area contributed by atoms with Crippen molar-refractivity contribution in [2.45, 2.75) is 39.5 Å². The van der Waals surface area contributed by atoms with Gasteiger partial charge in [-0.2, -0.15) is 0 Å². The highest BCUT2D eigenvalue weighted by Crippen LogP contribution is 2.14. The maximum atomic E-state index is 11.2. The van der Waals surface area contributed by atoms with E-state index in [0.29, 0.717) is 18.9 Å². The topological polar surface area (TPSA) is 26.3 Å². The highest BCUT2D eigenvalue weighted by Gasteiger charge is 2.07. The van der Waals surface area contributed by atoms with Crippen molar-refractivity contribution in [3.05, 3.63) is 35.9 Å². The van der Waals surface area contributed by atoms with Crippen molar-refractivity contribution >= 4 is 5.97 Å². The molecule has 1 aromatic carbocycles. The number of hydrogen-bond donors (Lipinski definition) is 0. The number of carbonyl (C=O) groups is 1. The molecule has 0 spiro atoms. The summed E-state index contributed by atoms with van der Waals surface area (Å²) >= 11 is 0. The molecule has 0 aliphatic rings. The molecule has 1 rings (SSSR count). The van der Waals surface area contributed by atoms with Gasteiger partial charge in [-0.3, -0.25) is 4.79 Å². The van der Waals surface area contributed by atoms with Crippen molar-refractivity contribution in [3.8, 4) is 0 Å². The third kappa shape index (κ3) is 6.10. The van der Waals surface area contributed by atoms with E-state index in [-0.39, 0.29) is 5.97 Å². The van der Waals surface area contributed by atoms with E-state index in [0.717, 1.165) is 19.3 Å². The number of rotatable bonds is 7. The molecule has 2 heteroatoms. The second-order valence-corrected chi connectivity index (χ2v) is 4.47. The van der Waals surface area contributed by atoms with Crippen LogP contribution in [0.5, 0.6) is 0 Å². The summed E-state index contributed by atoms with van der Waals surface area (Å²) < 4.78 is 4.92. The third-order valence-electron chi connectivity index (χ3n) is 2.92. The van der Waals surface area contributed by atoms with Gasteiger partial charge in [-0.15, -0.1) is 0 Å². The SMILES string of the molecule is CCOC(=O)CC[C@@H](C)CCc1ccccc1. The molecule has 0 aliphatic heterocycles. The van der Waals surface area contributed by atoms with E-state index in [1.807, 2.05) is 13.0 Å². The Morgan fingerprint density at radius 3 is 2.59 bits per heavy atom. The number of carbonyl (C=O) groups excluding carboxylic acids is 1. The van der Waals surface area contributed by atoms with Gasteiger partial charge in [-0.1, -0.05) is 37.3 Å². The molecular formula is C15H22O2. The molecular weight excluding hydrogens is 212 g/mol. The zero-order valence-electron chi connectivity index (χ0n) is 10.8. The Balaban J connectivity index is 2.17. The molecule has 0 saturated carbocycles. The Labute approximate surface area is 104 Å². The van der Waals surface area contributed by atoms with Gasteiger partial charge in [0.05, 0.1) is 6.61 Å². The lowest BCUT2D eigenvalue weighted by Crippen LogP contribution is -2.07. The monoisotopic (exact) mass is 234 g/mol. The number of esters is 1. The fraction of sp³-hybridized carbons (Fsp3) is 0.533. The second kappa shape index (κ2) is 7.88. The lowest BCUT2D eigenvalue weighted by molar-refractivity contribution is -0.143. The first-order valence-corrected chi connectivity index (χ1v) is 6.42. The molecule has 1 aromatic rings. The molecule has 0 unspecified atom stereocenters. The Hall–Kier alpha value is -1.31. The standard InChI is InChI=1S/C15H22O2/c1-3-17-15(16)12-10-13(2)9-11-14-7-5-4-6-8-14/h4-8,13H,3,9-12H2,1-2H3/t13-/m0/s1. The van der Waals surface area contributed by atoms with E-state index in [1.165, 1.54) is 5.56 Å². The van der Waals surface area contributed by atoms with Gasteiger partial charge in [-0.05, 0) is 37.7 Å². The average molecular weight is 234 g/mol. The molecule has 0 amide bonds. The van der Waals surface area contributed by atoms with E-state index in [4.69, 9.17) is 4.74 Å². The molecule has 94 valence electrons. The van der Waals surface area contributed by atoms with Gasteiger partial charge in [-0.25, -0.2) is 0 Å². The van der Waals surface area contributed by atoms with Gasteiger partial charge in [0.25, 0.3) is 0 Å². The molecule has 0 bridgehead atoms. The van der Waals surface area contributed by atoms with E-state index in [1.54, 1.807) is 0 Å². The Kier molecular flexibility index (Phi) is 6.38. The van der Waals surface area contributed by atoms with Crippen LogP contribution in [-0.4, -0.2) is 12.6 Å². The largest absolute Gasteiger partial charge is 0.466 e. The highest BCUT2D eigenvalue weighted by atomic mass is 16.5. The molecule has 0 radical (unpaired) electrons. The van der Waals surface area contributed by atoms with Crippen molar-refractivity contribution in [2.24, 2.45) is 5.92 Å². The van der Waals surface area contributed by atoms with Crippen LogP contribution in [0, 0.1) is 5.92 Å². The first-order chi connectivity index (χ1) is 8.22. The minimum atomic E-state index is -0.0703. The van der Waals surface area contributed by atoms with Gasteiger partial charge in [0.15, 0.2) is 0 Å². The van der Waals surface area contributed by atoms with E-state index >= 15 is 0 Å². The van der Waals surface area contributed by atoms with Crippen molar-refractivity contribution in [2.75, 3.05) is 6.61 Å². The zero-order valence-corrected chi connectivity index (χ0v) is 10.8. The molecule has 0 heterocycles. The van der Waals surface area contributed by atoms with E-state index in [9.17, 15) is 4.79 Å². The second-order valence-electron chi connectivity index (χ2n) is 4.47. The van der Waals surface area contributed by atoms with Crippen molar-refractivity contribution in [1.82, 2.24) is 0 Å². The number of aryl methyl sites for hydroxylation is 1. The van der Waals surface area contributed by atoms with Crippen LogP contribution < -0.4 is 0 Å². The smallest absolute Gasteiger partial charge is 0.305 e. The van der Waals surface area contributed by atoms with Gasteiger partial charge in [0.2, 0.25) is 0 Å². The van der Waals surface area contributed by atoms with Gasteiger partial charge in [0.1, 0.15) is 0 Å². The molecule has 0 aliphatic carbocycles. The summed E-state index contributed by atoms with van der Waals surface area (Å²) in [5.74, 6) is 0.499. The lowest BCUT2D eigenvalue weighted by atomic mass is 9.97. The molecule has 0 saturated heterocycles. The van der Waals surface area contributed by atoms with E-state index < -0.39 is 0 Å². The number of ether oxygens (including phenoxy) is 1. The molecule has 2 nitrogen and oxygen atoms in total. The van der Waals surface area contributed by atoms with Gasteiger partial charge in [0, 0.05) is 6.42 Å². The van der Waals surface area contributed by atoms with Crippen LogP contribution in [-0.2, 0) is 16.0 Å². The van der Waals surface area contributed by atoms with Crippen LogP contribution in [0.1, 0.15) is 38.7 Å². The Bertz CT molecular complexity index is 319. The summed E-state index contributed by atoms with van der Waals surface area (Å²) in [7, 11) is 0. The van der Waals surface area contributed by atoms with Crippen LogP contribution in [0.2, 0.25) is 0 Å². The predicted octanol–water partition coefficient (Wildman–Crippen LogP) is 3.60. The summed E-state index contributed by atoms with van der Waals surface area (Å²) in [5, 5.41) is 0. The minimum Gasteiger partial charge on any atom is -0.466 e. The fourth-order valence-electron chi connectivity index (χ4n) is 1.80. The third-order valence-corrected chi connectivity index (χ3v) is 2.92. The molecule has 0 N–H and O–H groups in total. The van der Waals surface area contributed by atoms with Crippen LogP contribution >= 0.6 is 0 Å². The normalized spacial score (nSPS) is 12.1. The van der Waals surface area contributed by atoms with Gasteiger partial charge >= 0.3 is 5.97 Å². The molecule has 17 heavy (non-hydrogen) atoms.